The molecule has 0 bridgehead atoms. The number of ether oxygens (including phenoxy) is 1. The van der Waals surface area contributed by atoms with Crippen LogP contribution in [0.15, 0.2) is 4.52 Å². The van der Waals surface area contributed by atoms with Crippen LogP contribution in [-0.2, 0) is 17.9 Å². The molecule has 18 heavy (non-hydrogen) atoms. The van der Waals surface area contributed by atoms with Crippen LogP contribution in [0.4, 0.5) is 0 Å². The lowest BCUT2D eigenvalue weighted by molar-refractivity contribution is 0.0382. The van der Waals surface area contributed by atoms with Crippen molar-refractivity contribution in [2.45, 2.75) is 32.9 Å². The van der Waals surface area contributed by atoms with E-state index in [2.05, 4.69) is 22.0 Å². The second kappa shape index (κ2) is 5.77. The summed E-state index contributed by atoms with van der Waals surface area (Å²) in [7, 11) is 1.60. The van der Waals surface area contributed by atoms with Crippen molar-refractivity contribution in [2.75, 3.05) is 26.8 Å². The number of likely N-dealkylation sites (tertiary alicyclic amines) is 1. The summed E-state index contributed by atoms with van der Waals surface area (Å²) >= 11 is 0. The van der Waals surface area contributed by atoms with Gasteiger partial charge in [-0.1, -0.05) is 12.1 Å². The molecule has 0 spiro atoms. The van der Waals surface area contributed by atoms with Gasteiger partial charge in [-0.25, -0.2) is 0 Å². The van der Waals surface area contributed by atoms with Gasteiger partial charge in [0.25, 0.3) is 0 Å². The van der Waals surface area contributed by atoms with Gasteiger partial charge in [0.15, 0.2) is 5.82 Å². The van der Waals surface area contributed by atoms with Crippen LogP contribution in [0, 0.1) is 5.41 Å². The van der Waals surface area contributed by atoms with Crippen molar-refractivity contribution in [1.29, 1.82) is 0 Å². The fourth-order valence-electron chi connectivity index (χ4n) is 2.42. The largest absolute Gasteiger partial charge is 0.396 e. The zero-order chi connectivity index (χ0) is 13.0. The Morgan fingerprint density at radius 1 is 1.56 bits per heavy atom. The monoisotopic (exact) mass is 255 g/mol. The van der Waals surface area contributed by atoms with Crippen LogP contribution in [0.3, 0.4) is 0 Å². The first-order chi connectivity index (χ1) is 8.65. The highest BCUT2D eigenvalue weighted by Crippen LogP contribution is 2.29. The Bertz CT molecular complexity index is 382. The van der Waals surface area contributed by atoms with E-state index in [1.807, 2.05) is 0 Å². The Hall–Kier alpha value is -0.980. The molecular formula is C12H21N3O3. The lowest BCUT2D eigenvalue weighted by Crippen LogP contribution is -2.43. The third-order valence-corrected chi connectivity index (χ3v) is 3.38. The molecule has 0 aromatic carbocycles. The molecule has 6 nitrogen and oxygen atoms in total. The van der Waals surface area contributed by atoms with E-state index in [1.54, 1.807) is 7.11 Å². The van der Waals surface area contributed by atoms with E-state index in [0.29, 0.717) is 24.9 Å². The summed E-state index contributed by atoms with van der Waals surface area (Å²) in [6.45, 7) is 5.23. The van der Waals surface area contributed by atoms with Gasteiger partial charge in [0.1, 0.15) is 6.61 Å². The normalized spacial score (nSPS) is 25.5. The lowest BCUT2D eigenvalue weighted by atomic mass is 9.83. The van der Waals surface area contributed by atoms with Crippen molar-refractivity contribution in [3.8, 4) is 0 Å². The summed E-state index contributed by atoms with van der Waals surface area (Å²) in [6.07, 6.45) is 2.16. The van der Waals surface area contributed by atoms with Crippen molar-refractivity contribution < 1.29 is 14.4 Å². The van der Waals surface area contributed by atoms with Crippen LogP contribution < -0.4 is 0 Å². The van der Waals surface area contributed by atoms with Gasteiger partial charge in [0, 0.05) is 25.7 Å². The predicted molar refractivity (Wildman–Crippen MR) is 64.7 cm³/mol. The minimum Gasteiger partial charge on any atom is -0.396 e. The number of hydrogen-bond donors (Lipinski definition) is 1. The van der Waals surface area contributed by atoms with E-state index in [4.69, 9.17) is 9.26 Å². The first-order valence-electron chi connectivity index (χ1n) is 6.29. The minimum absolute atomic E-state index is 0.00632. The summed E-state index contributed by atoms with van der Waals surface area (Å²) in [5.74, 6) is 1.19. The topological polar surface area (TPSA) is 71.6 Å². The molecule has 1 aromatic rings. The molecule has 1 N–H and O–H groups in total. The molecule has 1 aliphatic rings. The van der Waals surface area contributed by atoms with E-state index in [1.165, 1.54) is 0 Å². The maximum Gasteiger partial charge on any atom is 0.240 e. The Kier molecular flexibility index (Phi) is 4.31. The highest BCUT2D eigenvalue weighted by Gasteiger charge is 2.30. The van der Waals surface area contributed by atoms with Crippen LogP contribution in [0.25, 0.3) is 0 Å². The molecule has 0 saturated carbocycles. The number of piperidine rings is 1. The number of rotatable bonds is 5. The Labute approximate surface area is 107 Å². The molecular weight excluding hydrogens is 234 g/mol. The molecule has 0 aliphatic carbocycles. The molecule has 1 fully saturated rings. The standard InChI is InChI=1S/C12H21N3O3/c1-12(9-16)4-3-5-15(8-12)6-11-13-10(7-17-2)14-18-11/h16H,3-9H2,1-2H3. The SMILES string of the molecule is COCc1noc(CN2CCCC(C)(CO)C2)n1. The minimum atomic E-state index is -0.00632. The van der Waals surface area contributed by atoms with Crippen molar-refractivity contribution in [1.82, 2.24) is 15.0 Å². The zero-order valence-corrected chi connectivity index (χ0v) is 11.1. The van der Waals surface area contributed by atoms with Crippen LogP contribution in [0.5, 0.6) is 0 Å². The third-order valence-electron chi connectivity index (χ3n) is 3.38. The van der Waals surface area contributed by atoms with Crippen molar-refractivity contribution in [3.63, 3.8) is 0 Å². The Morgan fingerprint density at radius 2 is 2.39 bits per heavy atom. The number of nitrogens with zero attached hydrogens (tertiary/aromatic N) is 3. The third kappa shape index (κ3) is 3.28. The quantitative estimate of drug-likeness (QED) is 0.839. The van der Waals surface area contributed by atoms with E-state index >= 15 is 0 Å². The van der Waals surface area contributed by atoms with Crippen LogP contribution in [0.2, 0.25) is 0 Å². The van der Waals surface area contributed by atoms with E-state index in [9.17, 15) is 5.11 Å². The Balaban J connectivity index is 1.92. The maximum absolute atomic E-state index is 9.41. The van der Waals surface area contributed by atoms with Gasteiger partial charge < -0.3 is 14.4 Å². The second-order valence-corrected chi connectivity index (χ2v) is 5.32. The summed E-state index contributed by atoms with van der Waals surface area (Å²) < 4.78 is 10.1. The molecule has 1 aromatic heterocycles. The van der Waals surface area contributed by atoms with E-state index in [0.717, 1.165) is 25.9 Å². The number of methoxy groups -OCH3 is 1. The molecule has 2 rings (SSSR count). The van der Waals surface area contributed by atoms with Gasteiger partial charge in [-0.2, -0.15) is 4.98 Å². The van der Waals surface area contributed by atoms with Crippen molar-refractivity contribution in [3.05, 3.63) is 11.7 Å². The molecule has 6 heteroatoms. The number of aliphatic hydroxyl groups excluding tert-OH is 1. The predicted octanol–water partition coefficient (Wildman–Crippen LogP) is 0.810. The second-order valence-electron chi connectivity index (χ2n) is 5.32. The van der Waals surface area contributed by atoms with Gasteiger partial charge in [-0.3, -0.25) is 4.90 Å². The molecule has 1 aliphatic heterocycles. The summed E-state index contributed by atoms with van der Waals surface area (Å²) in [5.41, 5.74) is -0.00632. The molecule has 1 atom stereocenters. The smallest absolute Gasteiger partial charge is 0.240 e. The first kappa shape index (κ1) is 13.5. The molecule has 0 amide bonds. The van der Waals surface area contributed by atoms with Crippen LogP contribution in [-0.4, -0.2) is 47.0 Å². The fourth-order valence-corrected chi connectivity index (χ4v) is 2.42. The van der Waals surface area contributed by atoms with Crippen molar-refractivity contribution >= 4 is 0 Å². The van der Waals surface area contributed by atoms with Crippen LogP contribution in [0.1, 0.15) is 31.5 Å². The first-order valence-corrected chi connectivity index (χ1v) is 6.29. The zero-order valence-electron chi connectivity index (χ0n) is 11.1. The number of aliphatic hydroxyl groups is 1. The highest BCUT2D eigenvalue weighted by molar-refractivity contribution is 4.88. The number of aromatic nitrogens is 2. The average Bonchev–Trinajstić information content (AvgIpc) is 2.77. The van der Waals surface area contributed by atoms with Gasteiger partial charge in [-0.15, -0.1) is 0 Å². The highest BCUT2D eigenvalue weighted by atomic mass is 16.5. The van der Waals surface area contributed by atoms with Crippen molar-refractivity contribution in [2.24, 2.45) is 5.41 Å². The van der Waals surface area contributed by atoms with Gasteiger partial charge in [0.05, 0.1) is 6.54 Å². The molecule has 0 radical (unpaired) electrons. The van der Waals surface area contributed by atoms with E-state index in [-0.39, 0.29) is 12.0 Å². The van der Waals surface area contributed by atoms with Crippen LogP contribution >= 0.6 is 0 Å². The summed E-state index contributed by atoms with van der Waals surface area (Å²) in [6, 6.07) is 0. The molecule has 1 saturated heterocycles. The maximum atomic E-state index is 9.41. The van der Waals surface area contributed by atoms with Gasteiger partial charge >= 0.3 is 0 Å². The lowest BCUT2D eigenvalue weighted by Gasteiger charge is -2.38. The molecule has 1 unspecified atom stereocenters. The Morgan fingerprint density at radius 3 is 3.11 bits per heavy atom. The summed E-state index contributed by atoms with van der Waals surface area (Å²) in [4.78, 5) is 6.51. The van der Waals surface area contributed by atoms with E-state index < -0.39 is 0 Å². The summed E-state index contributed by atoms with van der Waals surface area (Å²) in [5, 5.41) is 13.3. The molecule has 102 valence electrons. The average molecular weight is 255 g/mol. The van der Waals surface area contributed by atoms with Gasteiger partial charge in [-0.05, 0) is 19.4 Å². The fraction of sp³-hybridized carbons (Fsp3) is 0.833. The molecule has 2 heterocycles. The number of hydrogen-bond acceptors (Lipinski definition) is 6. The van der Waals surface area contributed by atoms with Gasteiger partial charge in [0.2, 0.25) is 5.89 Å².